The van der Waals surface area contributed by atoms with Crippen molar-refractivity contribution in [2.45, 2.75) is 65.3 Å². The van der Waals surface area contributed by atoms with E-state index in [1.54, 1.807) is 0 Å². The van der Waals surface area contributed by atoms with Gasteiger partial charge in [-0.25, -0.2) is 9.47 Å². The van der Waals surface area contributed by atoms with Crippen LogP contribution in [0.2, 0.25) is 0 Å². The number of aryl methyl sites for hydroxylation is 1. The molecule has 0 bridgehead atoms. The molecule has 0 spiro atoms. The van der Waals surface area contributed by atoms with E-state index in [1.165, 1.54) is 78.9 Å². The van der Waals surface area contributed by atoms with Gasteiger partial charge >= 0.3 is 5.13 Å². The molecule has 128 valence electrons. The Balaban J connectivity index is 0.00000192. The van der Waals surface area contributed by atoms with Gasteiger partial charge in [-0.15, -0.1) is 0 Å². The van der Waals surface area contributed by atoms with E-state index in [-0.39, 0.29) is 17.0 Å². The smallest absolute Gasteiger partial charge is 0.337 e. The van der Waals surface area contributed by atoms with Gasteiger partial charge < -0.3 is 17.0 Å². The van der Waals surface area contributed by atoms with E-state index in [0.717, 1.165) is 6.54 Å². The van der Waals surface area contributed by atoms with Crippen LogP contribution >= 0.6 is 11.3 Å². The lowest BCUT2D eigenvalue weighted by Crippen LogP contribution is -3.00. The third-order valence-corrected chi connectivity index (χ3v) is 5.92. The molecule has 0 saturated carbocycles. The maximum atomic E-state index is 2.60. The predicted octanol–water partition coefficient (Wildman–Crippen LogP) is 1.94. The van der Waals surface area contributed by atoms with Gasteiger partial charge in [-0.1, -0.05) is 39.2 Å². The van der Waals surface area contributed by atoms with Crippen LogP contribution in [0.5, 0.6) is 0 Å². The predicted molar refractivity (Wildman–Crippen MR) is 97.0 cm³/mol. The fraction of sp³-hybridized carbons (Fsp3) is 0.632. The minimum atomic E-state index is 0. The highest BCUT2D eigenvalue weighted by atomic mass is 79.9. The zero-order valence-electron chi connectivity index (χ0n) is 14.5. The maximum absolute atomic E-state index is 2.60. The minimum Gasteiger partial charge on any atom is -1.00 e. The summed E-state index contributed by atoms with van der Waals surface area (Å²) in [4.78, 5) is 2.60. The molecule has 0 saturated heterocycles. The van der Waals surface area contributed by atoms with Crippen molar-refractivity contribution >= 4 is 26.7 Å². The number of halogens is 1. The lowest BCUT2D eigenvalue weighted by atomic mass is 10.1. The number of aromatic nitrogens is 1. The third kappa shape index (κ3) is 4.27. The highest BCUT2D eigenvalue weighted by Crippen LogP contribution is 2.31. The number of anilines is 1. The first-order valence-electron chi connectivity index (χ1n) is 9.03. The Labute approximate surface area is 155 Å². The molecular formula is C19H29BrN2S. The second-order valence-corrected chi connectivity index (χ2v) is 7.50. The number of rotatable bonds is 8. The van der Waals surface area contributed by atoms with Gasteiger partial charge in [0.05, 0.1) is 11.2 Å². The summed E-state index contributed by atoms with van der Waals surface area (Å²) in [6.45, 7) is 8.15. The normalized spacial score (nSPS) is 13.4. The monoisotopic (exact) mass is 396 g/mol. The van der Waals surface area contributed by atoms with Gasteiger partial charge in [0.15, 0.2) is 0 Å². The van der Waals surface area contributed by atoms with E-state index in [1.807, 2.05) is 11.3 Å². The van der Waals surface area contributed by atoms with Crippen molar-refractivity contribution in [1.29, 1.82) is 0 Å². The van der Waals surface area contributed by atoms with E-state index in [0.29, 0.717) is 0 Å². The van der Waals surface area contributed by atoms with Crippen LogP contribution in [0.1, 0.15) is 57.9 Å². The maximum Gasteiger partial charge on any atom is 0.337 e. The van der Waals surface area contributed by atoms with Crippen molar-refractivity contribution in [3.05, 3.63) is 23.8 Å². The van der Waals surface area contributed by atoms with Crippen molar-refractivity contribution < 1.29 is 21.5 Å². The van der Waals surface area contributed by atoms with E-state index >= 15 is 0 Å². The van der Waals surface area contributed by atoms with E-state index < -0.39 is 0 Å². The zero-order chi connectivity index (χ0) is 15.4. The lowest BCUT2D eigenvalue weighted by molar-refractivity contribution is -0.641. The van der Waals surface area contributed by atoms with Crippen LogP contribution in [-0.4, -0.2) is 13.1 Å². The van der Waals surface area contributed by atoms with Crippen LogP contribution in [-0.2, 0) is 13.0 Å². The van der Waals surface area contributed by atoms with Crippen molar-refractivity contribution in [1.82, 2.24) is 0 Å². The average molecular weight is 397 g/mol. The average Bonchev–Trinajstić information content (AvgIpc) is 3.08. The Hall–Kier alpha value is -0.610. The van der Waals surface area contributed by atoms with Crippen molar-refractivity contribution in [3.8, 4) is 0 Å². The van der Waals surface area contributed by atoms with Crippen LogP contribution in [0.25, 0.3) is 10.2 Å². The summed E-state index contributed by atoms with van der Waals surface area (Å²) in [5.41, 5.74) is 2.95. The Morgan fingerprint density at radius 1 is 1.09 bits per heavy atom. The molecule has 1 aliphatic rings. The van der Waals surface area contributed by atoms with Gasteiger partial charge in [0.25, 0.3) is 0 Å². The summed E-state index contributed by atoms with van der Waals surface area (Å²) >= 11 is 1.99. The molecule has 0 N–H and O–H groups in total. The Morgan fingerprint density at radius 3 is 2.70 bits per heavy atom. The van der Waals surface area contributed by atoms with E-state index in [2.05, 4.69) is 41.5 Å². The molecule has 1 aliphatic heterocycles. The van der Waals surface area contributed by atoms with Gasteiger partial charge in [0.2, 0.25) is 0 Å². The molecule has 23 heavy (non-hydrogen) atoms. The van der Waals surface area contributed by atoms with Gasteiger partial charge in [-0.05, 0) is 54.7 Å². The summed E-state index contributed by atoms with van der Waals surface area (Å²) in [7, 11) is 0. The number of fused-ring (bicyclic) bond motifs is 3. The SMILES string of the molecule is CCCCCCN1CC[n+]2c1sc1cc(CCCC)ccc12.[Br-]. The Morgan fingerprint density at radius 2 is 1.91 bits per heavy atom. The number of nitrogens with zero attached hydrogens (tertiary/aromatic N) is 2. The number of unbranched alkanes of at least 4 members (excludes halogenated alkanes) is 4. The second kappa shape index (κ2) is 9.03. The third-order valence-electron chi connectivity index (χ3n) is 4.71. The summed E-state index contributed by atoms with van der Waals surface area (Å²) in [5.74, 6) is 0. The number of hydrogen-bond donors (Lipinski definition) is 0. The molecule has 2 heterocycles. The lowest BCUT2D eigenvalue weighted by Gasteiger charge is -2.07. The Bertz CT molecular complexity index is 623. The van der Waals surface area contributed by atoms with Crippen LogP contribution in [0.4, 0.5) is 5.13 Å². The van der Waals surface area contributed by atoms with Gasteiger partial charge in [0, 0.05) is 0 Å². The second-order valence-electron chi connectivity index (χ2n) is 6.49. The van der Waals surface area contributed by atoms with E-state index in [9.17, 15) is 0 Å². The molecular weight excluding hydrogens is 368 g/mol. The highest BCUT2D eigenvalue weighted by molar-refractivity contribution is 7.21. The van der Waals surface area contributed by atoms with Crippen LogP contribution < -0.4 is 26.4 Å². The summed E-state index contributed by atoms with van der Waals surface area (Å²) < 4.78 is 4.01. The first kappa shape index (κ1) is 18.7. The number of thiazole rings is 1. The van der Waals surface area contributed by atoms with Crippen molar-refractivity contribution in [2.75, 3.05) is 18.0 Å². The molecule has 2 aromatic rings. The van der Waals surface area contributed by atoms with Crippen LogP contribution in [0.3, 0.4) is 0 Å². The molecule has 1 aromatic carbocycles. The van der Waals surface area contributed by atoms with Gasteiger partial charge in [0.1, 0.15) is 18.6 Å². The first-order valence-corrected chi connectivity index (χ1v) is 9.85. The molecule has 0 aliphatic carbocycles. The fourth-order valence-electron chi connectivity index (χ4n) is 3.36. The molecule has 0 amide bonds. The number of hydrogen-bond acceptors (Lipinski definition) is 2. The van der Waals surface area contributed by atoms with Crippen molar-refractivity contribution in [3.63, 3.8) is 0 Å². The quantitative estimate of drug-likeness (QED) is 0.488. The fourth-order valence-corrected chi connectivity index (χ4v) is 4.66. The van der Waals surface area contributed by atoms with Gasteiger partial charge in [-0.3, -0.25) is 0 Å². The molecule has 1 aromatic heterocycles. The summed E-state index contributed by atoms with van der Waals surface area (Å²) in [5, 5.41) is 1.49. The molecule has 2 nitrogen and oxygen atoms in total. The van der Waals surface area contributed by atoms with Gasteiger partial charge in [-0.2, -0.15) is 0 Å². The van der Waals surface area contributed by atoms with Crippen LogP contribution in [0, 0.1) is 0 Å². The van der Waals surface area contributed by atoms with E-state index in [4.69, 9.17) is 0 Å². The largest absolute Gasteiger partial charge is 1.00 e. The molecule has 0 fully saturated rings. The molecule has 0 radical (unpaired) electrons. The van der Waals surface area contributed by atoms with Crippen LogP contribution in [0.15, 0.2) is 18.2 Å². The summed E-state index contributed by atoms with van der Waals surface area (Å²) in [6.07, 6.45) is 9.21. The first-order chi connectivity index (χ1) is 10.8. The standard InChI is InChI=1S/C19H29N2S.BrH/c1-3-5-7-8-12-20-13-14-21-17-11-10-16(9-6-4-2)15-18(17)22-19(20)21;/h10-11,15H,3-9,12-14H2,1-2H3;1H/q+1;/p-1. The zero-order valence-corrected chi connectivity index (χ0v) is 16.9. The Kier molecular flexibility index (Phi) is 7.35. The number of benzene rings is 1. The molecule has 3 rings (SSSR count). The minimum absolute atomic E-state index is 0. The molecule has 0 unspecified atom stereocenters. The summed E-state index contributed by atoms with van der Waals surface area (Å²) in [6, 6.07) is 7.11. The van der Waals surface area contributed by atoms with Crippen molar-refractivity contribution in [2.24, 2.45) is 0 Å². The highest BCUT2D eigenvalue weighted by Gasteiger charge is 2.31. The molecule has 0 atom stereocenters. The molecule has 4 heteroatoms. The topological polar surface area (TPSA) is 7.12 Å².